The zero-order chi connectivity index (χ0) is 23.8. The summed E-state index contributed by atoms with van der Waals surface area (Å²) < 4.78 is 0. The second-order valence-electron chi connectivity index (χ2n) is 8.21. The van der Waals surface area contributed by atoms with Crippen molar-refractivity contribution < 1.29 is 4.79 Å². The number of hydrogen-bond acceptors (Lipinski definition) is 2. The number of carbonyl (C=O) groups excluding carboxylic acids is 1. The molecule has 1 fully saturated rings. The maximum Gasteiger partial charge on any atom is 0.219 e. The second kappa shape index (κ2) is 16.0. The van der Waals surface area contributed by atoms with Gasteiger partial charge in [0, 0.05) is 20.0 Å². The number of fused-ring (bicyclic) bond motifs is 1. The molecule has 0 saturated carbocycles. The molecule has 0 spiro atoms. The van der Waals surface area contributed by atoms with Gasteiger partial charge in [-0.05, 0) is 57.6 Å². The van der Waals surface area contributed by atoms with Gasteiger partial charge in [-0.15, -0.1) is 0 Å². The highest BCUT2D eigenvalue weighted by molar-refractivity contribution is 5.82. The van der Waals surface area contributed by atoms with Crippen LogP contribution in [-0.2, 0) is 4.79 Å². The first-order valence-electron chi connectivity index (χ1n) is 11.8. The van der Waals surface area contributed by atoms with Crippen LogP contribution in [0.3, 0.4) is 0 Å². The van der Waals surface area contributed by atoms with E-state index < -0.39 is 0 Å². The van der Waals surface area contributed by atoms with Crippen molar-refractivity contribution >= 4 is 16.7 Å². The van der Waals surface area contributed by atoms with Crippen molar-refractivity contribution in [2.45, 2.75) is 47.5 Å². The van der Waals surface area contributed by atoms with E-state index in [0.717, 1.165) is 26.2 Å². The first-order valence-corrected chi connectivity index (χ1v) is 11.8. The molecule has 1 amide bonds. The Hall–Kier alpha value is -2.65. The molecule has 3 heteroatoms. The fourth-order valence-electron chi connectivity index (χ4n) is 3.10. The Morgan fingerprint density at radius 1 is 0.781 bits per heavy atom. The number of carbonyl (C=O) groups is 1. The van der Waals surface area contributed by atoms with Gasteiger partial charge in [0.2, 0.25) is 5.91 Å². The summed E-state index contributed by atoms with van der Waals surface area (Å²) in [7, 11) is 2.11. The highest BCUT2D eigenvalue weighted by atomic mass is 16.2. The van der Waals surface area contributed by atoms with E-state index in [4.69, 9.17) is 0 Å². The third kappa shape index (κ3) is 11.7. The maximum atomic E-state index is 10.6. The lowest BCUT2D eigenvalue weighted by atomic mass is 10.1. The van der Waals surface area contributed by atoms with E-state index in [2.05, 4.69) is 94.2 Å². The summed E-state index contributed by atoms with van der Waals surface area (Å²) in [5.74, 6) is 0.225. The summed E-state index contributed by atoms with van der Waals surface area (Å²) in [5, 5.41) is 2.64. The maximum absolute atomic E-state index is 10.6. The molecule has 174 valence electrons. The van der Waals surface area contributed by atoms with E-state index in [-0.39, 0.29) is 5.91 Å². The van der Waals surface area contributed by atoms with Crippen LogP contribution < -0.4 is 0 Å². The molecule has 1 heterocycles. The predicted molar refractivity (Wildman–Crippen MR) is 140 cm³/mol. The van der Waals surface area contributed by atoms with Crippen LogP contribution in [-0.4, -0.2) is 48.9 Å². The van der Waals surface area contributed by atoms with Gasteiger partial charge in [0.15, 0.2) is 0 Å². The van der Waals surface area contributed by atoms with E-state index in [9.17, 15) is 4.79 Å². The van der Waals surface area contributed by atoms with Gasteiger partial charge in [-0.3, -0.25) is 4.79 Å². The smallest absolute Gasteiger partial charge is 0.219 e. The molecule has 4 rings (SSSR count). The van der Waals surface area contributed by atoms with Crippen LogP contribution >= 0.6 is 0 Å². The van der Waals surface area contributed by atoms with Gasteiger partial charge < -0.3 is 9.80 Å². The van der Waals surface area contributed by atoms with Crippen molar-refractivity contribution in [3.8, 4) is 0 Å². The summed E-state index contributed by atoms with van der Waals surface area (Å²) in [6.45, 7) is 14.4. The third-order valence-electron chi connectivity index (χ3n) is 5.48. The largest absolute Gasteiger partial charge is 0.343 e. The van der Waals surface area contributed by atoms with Crippen LogP contribution in [0, 0.1) is 13.8 Å². The Balaban J connectivity index is 0.000000220. The number of rotatable bonds is 2. The molecule has 0 bridgehead atoms. The minimum Gasteiger partial charge on any atom is -0.343 e. The van der Waals surface area contributed by atoms with Crippen LogP contribution in [0.25, 0.3) is 10.8 Å². The molecule has 3 aromatic carbocycles. The molecular weight excluding hydrogens is 392 g/mol. The van der Waals surface area contributed by atoms with Crippen molar-refractivity contribution in [2.75, 3.05) is 33.2 Å². The van der Waals surface area contributed by atoms with Crippen molar-refractivity contribution in [1.29, 1.82) is 0 Å². The minimum atomic E-state index is 0.225. The van der Waals surface area contributed by atoms with Crippen molar-refractivity contribution in [3.05, 3.63) is 83.9 Å². The van der Waals surface area contributed by atoms with Gasteiger partial charge in [-0.1, -0.05) is 97.8 Å². The molecule has 3 aromatic rings. The van der Waals surface area contributed by atoms with Gasteiger partial charge >= 0.3 is 0 Å². The molecule has 0 unspecified atom stereocenters. The van der Waals surface area contributed by atoms with Crippen LogP contribution in [0.1, 0.15) is 44.7 Å². The summed E-state index contributed by atoms with van der Waals surface area (Å²) in [6, 6.07) is 25.2. The number of amides is 1. The van der Waals surface area contributed by atoms with Crippen LogP contribution in [0.15, 0.2) is 72.8 Å². The molecule has 3 nitrogen and oxygen atoms in total. The summed E-state index contributed by atoms with van der Waals surface area (Å²) in [6.07, 6.45) is 2.39. The number of aryl methyl sites for hydroxylation is 2. The normalized spacial score (nSPS) is 12.2. The molecule has 32 heavy (non-hydrogen) atoms. The Bertz CT molecular complexity index is 882. The van der Waals surface area contributed by atoms with Gasteiger partial charge in [0.05, 0.1) is 0 Å². The zero-order valence-corrected chi connectivity index (χ0v) is 21.0. The third-order valence-corrected chi connectivity index (χ3v) is 5.48. The Morgan fingerprint density at radius 3 is 1.72 bits per heavy atom. The van der Waals surface area contributed by atoms with E-state index in [1.165, 1.54) is 34.7 Å². The minimum absolute atomic E-state index is 0.225. The summed E-state index contributed by atoms with van der Waals surface area (Å²) in [4.78, 5) is 14.7. The summed E-state index contributed by atoms with van der Waals surface area (Å²) in [5.41, 5.74) is 2.64. The lowest BCUT2D eigenvalue weighted by molar-refractivity contribution is -0.127. The number of benzene rings is 3. The quantitative estimate of drug-likeness (QED) is 0.446. The van der Waals surface area contributed by atoms with Crippen LogP contribution in [0.5, 0.6) is 0 Å². The molecule has 0 aliphatic carbocycles. The van der Waals surface area contributed by atoms with Crippen molar-refractivity contribution in [2.24, 2.45) is 0 Å². The number of nitrogens with zero attached hydrogens (tertiary/aromatic N) is 2. The van der Waals surface area contributed by atoms with E-state index >= 15 is 0 Å². The van der Waals surface area contributed by atoms with Gasteiger partial charge in [-0.2, -0.15) is 0 Å². The standard InChI is InChI=1S/C11H10.C7H8.C6H11NO.C5H13N/c1-9-6-7-10-4-2-3-5-11(10)8-9;1-7-5-3-2-4-6-7;1-6(8)7-4-2-3-5-7;1-4-6(3)5-2/h2-8H,1H3;2-6H,1H3;2-5H2,1H3;4-5H2,1-3H3. The fourth-order valence-corrected chi connectivity index (χ4v) is 3.10. The number of hydrogen-bond donors (Lipinski definition) is 0. The lowest BCUT2D eigenvalue weighted by Gasteiger charge is -2.10. The SMILES string of the molecule is CC(=O)N1CCCC1.CCN(C)CC.Cc1ccc2ccccc2c1.Cc1ccccc1. The van der Waals surface area contributed by atoms with Gasteiger partial charge in [-0.25, -0.2) is 0 Å². The highest BCUT2D eigenvalue weighted by Crippen LogP contribution is 2.14. The van der Waals surface area contributed by atoms with Crippen LogP contribution in [0.4, 0.5) is 0 Å². The molecule has 0 atom stereocenters. The average molecular weight is 435 g/mol. The molecule has 1 aliphatic rings. The average Bonchev–Trinajstić information content (AvgIpc) is 3.36. The summed E-state index contributed by atoms with van der Waals surface area (Å²) >= 11 is 0. The molecule has 1 saturated heterocycles. The van der Waals surface area contributed by atoms with E-state index in [1.54, 1.807) is 6.92 Å². The Morgan fingerprint density at radius 2 is 1.31 bits per heavy atom. The van der Waals surface area contributed by atoms with Gasteiger partial charge in [0.25, 0.3) is 0 Å². The monoisotopic (exact) mass is 434 g/mol. The first-order chi connectivity index (χ1) is 15.4. The van der Waals surface area contributed by atoms with Crippen LogP contribution in [0.2, 0.25) is 0 Å². The molecular formula is C29H42N2O. The topological polar surface area (TPSA) is 23.6 Å². The van der Waals surface area contributed by atoms with Crippen molar-refractivity contribution in [3.63, 3.8) is 0 Å². The van der Waals surface area contributed by atoms with E-state index in [0.29, 0.717) is 0 Å². The Kier molecular flexibility index (Phi) is 13.7. The highest BCUT2D eigenvalue weighted by Gasteiger charge is 2.12. The van der Waals surface area contributed by atoms with Crippen molar-refractivity contribution in [1.82, 2.24) is 9.80 Å². The fraction of sp³-hybridized carbons (Fsp3) is 0.414. The molecule has 1 aliphatic heterocycles. The second-order valence-corrected chi connectivity index (χ2v) is 8.21. The Labute approximate surface area is 196 Å². The first kappa shape index (κ1) is 27.4. The lowest BCUT2D eigenvalue weighted by Crippen LogP contribution is -2.24. The molecule has 0 radical (unpaired) electrons. The zero-order valence-electron chi connectivity index (χ0n) is 21.0. The molecule has 0 aromatic heterocycles. The number of likely N-dealkylation sites (tertiary alicyclic amines) is 1. The van der Waals surface area contributed by atoms with Gasteiger partial charge in [0.1, 0.15) is 0 Å². The predicted octanol–water partition coefficient (Wildman–Crippen LogP) is 6.73. The molecule has 0 N–H and O–H groups in total. The van der Waals surface area contributed by atoms with E-state index in [1.807, 2.05) is 23.1 Å².